The maximum Gasteiger partial charge on any atom is 0.0372 e. The van der Waals surface area contributed by atoms with Gasteiger partial charge in [0.05, 0.1) is 0 Å². The summed E-state index contributed by atoms with van der Waals surface area (Å²) < 4.78 is 0. The number of aromatic nitrogens is 1. The topological polar surface area (TPSA) is 24.9 Å². The molecule has 1 atom stereocenters. The lowest BCUT2D eigenvalue weighted by atomic mass is 10.2. The molecule has 0 saturated carbocycles. The first-order valence-corrected chi connectivity index (χ1v) is 5.37. The van der Waals surface area contributed by atoms with Gasteiger partial charge in [0.2, 0.25) is 0 Å². The van der Waals surface area contributed by atoms with Crippen LogP contribution in [0.5, 0.6) is 0 Å². The summed E-state index contributed by atoms with van der Waals surface area (Å²) in [4.78, 5) is 4.26. The molecule has 0 radical (unpaired) electrons. The van der Waals surface area contributed by atoms with Crippen molar-refractivity contribution in [1.82, 2.24) is 10.3 Å². The monoisotopic (exact) mass is 192 g/mol. The first-order chi connectivity index (χ1) is 6.72. The summed E-state index contributed by atoms with van der Waals surface area (Å²) >= 11 is 0. The second-order valence-electron chi connectivity index (χ2n) is 3.88. The van der Waals surface area contributed by atoms with Crippen LogP contribution in [-0.4, -0.2) is 11.0 Å². The van der Waals surface area contributed by atoms with Crippen LogP contribution in [0.3, 0.4) is 0 Å². The van der Waals surface area contributed by atoms with Crippen molar-refractivity contribution in [3.05, 3.63) is 29.6 Å². The lowest BCUT2D eigenvalue weighted by Crippen LogP contribution is -2.25. The van der Waals surface area contributed by atoms with Crippen LogP contribution in [0, 0.1) is 6.92 Å². The summed E-state index contributed by atoms with van der Waals surface area (Å²) in [5, 5.41) is 3.48. The van der Waals surface area contributed by atoms with Crippen molar-refractivity contribution in [2.75, 3.05) is 0 Å². The number of pyridine rings is 1. The van der Waals surface area contributed by atoms with Crippen LogP contribution in [0.25, 0.3) is 0 Å². The molecule has 0 bridgehead atoms. The highest BCUT2D eigenvalue weighted by Crippen LogP contribution is 2.01. The lowest BCUT2D eigenvalue weighted by Gasteiger charge is -2.12. The van der Waals surface area contributed by atoms with E-state index in [0.29, 0.717) is 6.04 Å². The van der Waals surface area contributed by atoms with Crippen molar-refractivity contribution in [3.63, 3.8) is 0 Å². The fraction of sp³-hybridized carbons (Fsp3) is 0.583. The second-order valence-corrected chi connectivity index (χ2v) is 3.88. The molecule has 1 aromatic heterocycles. The van der Waals surface area contributed by atoms with E-state index in [9.17, 15) is 0 Å². The number of aryl methyl sites for hydroxylation is 1. The van der Waals surface area contributed by atoms with Gasteiger partial charge < -0.3 is 5.32 Å². The Kier molecular flexibility index (Phi) is 4.60. The highest BCUT2D eigenvalue weighted by atomic mass is 14.9. The molecule has 0 saturated heterocycles. The van der Waals surface area contributed by atoms with Gasteiger partial charge in [-0.05, 0) is 31.9 Å². The van der Waals surface area contributed by atoms with E-state index in [0.717, 1.165) is 12.2 Å². The Labute approximate surface area is 86.8 Å². The predicted molar refractivity (Wildman–Crippen MR) is 60.2 cm³/mol. The Balaban J connectivity index is 2.34. The molecule has 1 N–H and O–H groups in total. The van der Waals surface area contributed by atoms with E-state index in [-0.39, 0.29) is 0 Å². The lowest BCUT2D eigenvalue weighted by molar-refractivity contribution is 0.508. The van der Waals surface area contributed by atoms with Crippen LogP contribution < -0.4 is 5.32 Å². The van der Waals surface area contributed by atoms with Gasteiger partial charge in [-0.1, -0.05) is 19.4 Å². The molecule has 0 aliphatic rings. The summed E-state index contributed by atoms with van der Waals surface area (Å²) in [5.41, 5.74) is 2.34. The molecular weight excluding hydrogens is 172 g/mol. The third-order valence-electron chi connectivity index (χ3n) is 2.35. The molecule has 0 aromatic carbocycles. The van der Waals surface area contributed by atoms with Crippen LogP contribution >= 0.6 is 0 Å². The summed E-state index contributed by atoms with van der Waals surface area (Å²) in [6.45, 7) is 7.38. The number of nitrogens with one attached hydrogen (secondary N) is 1. The molecule has 1 heterocycles. The van der Waals surface area contributed by atoms with E-state index >= 15 is 0 Å². The van der Waals surface area contributed by atoms with Gasteiger partial charge in [0.1, 0.15) is 0 Å². The smallest absolute Gasteiger partial charge is 0.0372 e. The normalized spacial score (nSPS) is 12.8. The number of hydrogen-bond acceptors (Lipinski definition) is 2. The van der Waals surface area contributed by atoms with Crippen LogP contribution in [0.2, 0.25) is 0 Å². The summed E-state index contributed by atoms with van der Waals surface area (Å²) in [6.07, 6.45) is 4.42. The van der Waals surface area contributed by atoms with Crippen molar-refractivity contribution in [1.29, 1.82) is 0 Å². The van der Waals surface area contributed by atoms with Gasteiger partial charge in [-0.15, -0.1) is 0 Å². The predicted octanol–water partition coefficient (Wildman–Crippen LogP) is 2.67. The average molecular weight is 192 g/mol. The van der Waals surface area contributed by atoms with E-state index < -0.39 is 0 Å². The quantitative estimate of drug-likeness (QED) is 0.775. The Hall–Kier alpha value is -0.890. The molecular formula is C12H20N2. The molecule has 2 nitrogen and oxygen atoms in total. The van der Waals surface area contributed by atoms with Crippen LogP contribution in [0.15, 0.2) is 18.3 Å². The third-order valence-corrected chi connectivity index (χ3v) is 2.35. The minimum atomic E-state index is 0.598. The SMILES string of the molecule is CCCC(C)NCc1ccc(C)nc1. The van der Waals surface area contributed by atoms with Gasteiger partial charge in [0.15, 0.2) is 0 Å². The first kappa shape index (κ1) is 11.2. The van der Waals surface area contributed by atoms with Crippen LogP contribution in [0.4, 0.5) is 0 Å². The Morgan fingerprint density at radius 1 is 1.43 bits per heavy atom. The van der Waals surface area contributed by atoms with Gasteiger partial charge in [-0.3, -0.25) is 4.98 Å². The Morgan fingerprint density at radius 3 is 2.79 bits per heavy atom. The molecule has 1 aromatic rings. The van der Waals surface area contributed by atoms with E-state index in [1.165, 1.54) is 18.4 Å². The summed E-state index contributed by atoms with van der Waals surface area (Å²) in [5.74, 6) is 0. The highest BCUT2D eigenvalue weighted by Gasteiger charge is 1.99. The van der Waals surface area contributed by atoms with Crippen molar-refractivity contribution < 1.29 is 0 Å². The molecule has 0 aliphatic heterocycles. The fourth-order valence-corrected chi connectivity index (χ4v) is 1.43. The van der Waals surface area contributed by atoms with E-state index in [4.69, 9.17) is 0 Å². The van der Waals surface area contributed by atoms with Gasteiger partial charge in [0.25, 0.3) is 0 Å². The van der Waals surface area contributed by atoms with E-state index in [1.807, 2.05) is 13.1 Å². The van der Waals surface area contributed by atoms with Crippen molar-refractivity contribution >= 4 is 0 Å². The van der Waals surface area contributed by atoms with E-state index in [2.05, 4.69) is 36.3 Å². The molecule has 1 unspecified atom stereocenters. The third kappa shape index (κ3) is 3.88. The number of nitrogens with zero attached hydrogens (tertiary/aromatic N) is 1. The molecule has 0 amide bonds. The maximum absolute atomic E-state index is 4.26. The Bertz CT molecular complexity index is 254. The van der Waals surface area contributed by atoms with Gasteiger partial charge in [0, 0.05) is 24.5 Å². The van der Waals surface area contributed by atoms with Crippen molar-refractivity contribution in [3.8, 4) is 0 Å². The van der Waals surface area contributed by atoms with Gasteiger partial charge in [-0.2, -0.15) is 0 Å². The zero-order valence-corrected chi connectivity index (χ0v) is 9.38. The number of rotatable bonds is 5. The van der Waals surface area contributed by atoms with Crippen LogP contribution in [0.1, 0.15) is 37.9 Å². The maximum atomic E-state index is 4.26. The second kappa shape index (κ2) is 5.76. The van der Waals surface area contributed by atoms with E-state index in [1.54, 1.807) is 0 Å². The largest absolute Gasteiger partial charge is 0.310 e. The molecule has 0 aliphatic carbocycles. The zero-order valence-electron chi connectivity index (χ0n) is 9.38. The fourth-order valence-electron chi connectivity index (χ4n) is 1.43. The zero-order chi connectivity index (χ0) is 10.4. The van der Waals surface area contributed by atoms with Gasteiger partial charge >= 0.3 is 0 Å². The first-order valence-electron chi connectivity index (χ1n) is 5.37. The molecule has 2 heteroatoms. The average Bonchev–Trinajstić information content (AvgIpc) is 2.17. The summed E-state index contributed by atoms with van der Waals surface area (Å²) in [6, 6.07) is 4.79. The van der Waals surface area contributed by atoms with Gasteiger partial charge in [-0.25, -0.2) is 0 Å². The molecule has 0 fully saturated rings. The standard InChI is InChI=1S/C12H20N2/c1-4-5-10(2)13-8-12-7-6-11(3)14-9-12/h6-7,9-10,13H,4-5,8H2,1-3H3. The van der Waals surface area contributed by atoms with Crippen LogP contribution in [-0.2, 0) is 6.54 Å². The molecule has 78 valence electrons. The molecule has 0 spiro atoms. The Morgan fingerprint density at radius 2 is 2.21 bits per heavy atom. The summed E-state index contributed by atoms with van der Waals surface area (Å²) in [7, 11) is 0. The highest BCUT2D eigenvalue weighted by molar-refractivity contribution is 5.12. The van der Waals surface area contributed by atoms with Crippen molar-refractivity contribution in [2.45, 2.75) is 46.2 Å². The molecule has 14 heavy (non-hydrogen) atoms. The minimum absolute atomic E-state index is 0.598. The number of hydrogen-bond donors (Lipinski definition) is 1. The van der Waals surface area contributed by atoms with Crippen molar-refractivity contribution in [2.24, 2.45) is 0 Å². The molecule has 1 rings (SSSR count). The minimum Gasteiger partial charge on any atom is -0.310 e.